The maximum absolute atomic E-state index is 12.2. The highest BCUT2D eigenvalue weighted by Gasteiger charge is 2.14. The molecule has 3 rings (SSSR count). The fraction of sp³-hybridized carbons (Fsp3) is 0.150. The van der Waals surface area contributed by atoms with E-state index in [9.17, 15) is 14.7 Å². The second kappa shape index (κ2) is 7.33. The Morgan fingerprint density at radius 1 is 1.04 bits per heavy atom. The quantitative estimate of drug-likeness (QED) is 0.489. The van der Waals surface area contributed by atoms with Gasteiger partial charge in [-0.25, -0.2) is 9.36 Å². The maximum Gasteiger partial charge on any atom is 0.335 e. The van der Waals surface area contributed by atoms with Crippen LogP contribution in [0.4, 0.5) is 5.69 Å². The summed E-state index contributed by atoms with van der Waals surface area (Å²) >= 11 is 0. The first-order chi connectivity index (χ1) is 12.9. The lowest BCUT2D eigenvalue weighted by atomic mass is 10.1. The van der Waals surface area contributed by atoms with Crippen LogP contribution in [0.15, 0.2) is 57.2 Å². The van der Waals surface area contributed by atoms with Crippen molar-refractivity contribution in [2.75, 3.05) is 5.43 Å². The van der Waals surface area contributed by atoms with Gasteiger partial charge in [-0.3, -0.25) is 15.2 Å². The van der Waals surface area contributed by atoms with Gasteiger partial charge in [-0.2, -0.15) is 5.10 Å². The Morgan fingerprint density at radius 3 is 2.48 bits per heavy atom. The SMILES string of the molecule is Cc1ccc(-n2c(O)c(/C=N/Nc3ccccc3C)c(=O)[nH]c2=O)cc1C. The van der Waals surface area contributed by atoms with Gasteiger partial charge in [0.15, 0.2) is 0 Å². The molecule has 0 amide bonds. The smallest absolute Gasteiger partial charge is 0.335 e. The molecule has 2 aromatic carbocycles. The van der Waals surface area contributed by atoms with E-state index in [-0.39, 0.29) is 5.56 Å². The van der Waals surface area contributed by atoms with Crippen LogP contribution < -0.4 is 16.7 Å². The van der Waals surface area contributed by atoms with E-state index in [4.69, 9.17) is 0 Å². The molecule has 0 saturated heterocycles. The number of aryl methyl sites for hydroxylation is 3. The van der Waals surface area contributed by atoms with Crippen molar-refractivity contribution < 1.29 is 5.11 Å². The zero-order valence-electron chi connectivity index (χ0n) is 15.3. The molecule has 0 unspecified atom stereocenters. The number of aromatic nitrogens is 2. The summed E-state index contributed by atoms with van der Waals surface area (Å²) < 4.78 is 1.04. The molecule has 0 spiro atoms. The molecule has 0 radical (unpaired) electrons. The highest BCUT2D eigenvalue weighted by atomic mass is 16.3. The predicted octanol–water partition coefficient (Wildman–Crippen LogP) is 2.60. The van der Waals surface area contributed by atoms with Crippen LogP contribution >= 0.6 is 0 Å². The van der Waals surface area contributed by atoms with Crippen LogP contribution in [0.5, 0.6) is 5.88 Å². The summed E-state index contributed by atoms with van der Waals surface area (Å²) in [5, 5.41) is 14.6. The number of anilines is 1. The van der Waals surface area contributed by atoms with Gasteiger partial charge in [-0.1, -0.05) is 24.3 Å². The van der Waals surface area contributed by atoms with Crippen molar-refractivity contribution in [1.29, 1.82) is 0 Å². The normalized spacial score (nSPS) is 11.1. The van der Waals surface area contributed by atoms with Gasteiger partial charge < -0.3 is 5.11 Å². The number of hydrazone groups is 1. The van der Waals surface area contributed by atoms with Crippen molar-refractivity contribution in [3.05, 3.63) is 85.6 Å². The van der Waals surface area contributed by atoms with Crippen molar-refractivity contribution >= 4 is 11.9 Å². The number of H-pyrrole nitrogens is 1. The molecule has 0 fully saturated rings. The van der Waals surface area contributed by atoms with Gasteiger partial charge in [0.25, 0.3) is 5.56 Å². The number of aromatic hydroxyl groups is 1. The minimum atomic E-state index is -0.718. The van der Waals surface area contributed by atoms with E-state index in [2.05, 4.69) is 15.5 Å². The van der Waals surface area contributed by atoms with Crippen LogP contribution in [0.2, 0.25) is 0 Å². The van der Waals surface area contributed by atoms with Gasteiger partial charge in [-0.05, 0) is 55.7 Å². The summed E-state index contributed by atoms with van der Waals surface area (Å²) in [6.45, 7) is 5.77. The molecule has 0 atom stereocenters. The number of nitrogens with one attached hydrogen (secondary N) is 2. The average Bonchev–Trinajstić information content (AvgIpc) is 2.62. The molecular formula is C20H20N4O3. The summed E-state index contributed by atoms with van der Waals surface area (Å²) in [5.74, 6) is -0.470. The summed E-state index contributed by atoms with van der Waals surface area (Å²) in [6, 6.07) is 12.8. The highest BCUT2D eigenvalue weighted by molar-refractivity contribution is 5.82. The number of benzene rings is 2. The van der Waals surface area contributed by atoms with E-state index in [0.717, 1.165) is 26.9 Å². The Kier molecular flexibility index (Phi) is 4.94. The molecule has 0 bridgehead atoms. The predicted molar refractivity (Wildman–Crippen MR) is 106 cm³/mol. The number of nitrogens with zero attached hydrogens (tertiary/aromatic N) is 2. The van der Waals surface area contributed by atoms with Crippen molar-refractivity contribution in [3.8, 4) is 11.6 Å². The fourth-order valence-corrected chi connectivity index (χ4v) is 2.62. The van der Waals surface area contributed by atoms with Crippen LogP contribution in [-0.4, -0.2) is 20.9 Å². The first kappa shape index (κ1) is 18.2. The lowest BCUT2D eigenvalue weighted by Gasteiger charge is -2.11. The van der Waals surface area contributed by atoms with Gasteiger partial charge in [0, 0.05) is 0 Å². The average molecular weight is 364 g/mol. The molecule has 3 N–H and O–H groups in total. The van der Waals surface area contributed by atoms with E-state index in [1.807, 2.05) is 51.1 Å². The molecule has 27 heavy (non-hydrogen) atoms. The van der Waals surface area contributed by atoms with Gasteiger partial charge in [0.2, 0.25) is 5.88 Å². The van der Waals surface area contributed by atoms with Crippen LogP contribution in [0.1, 0.15) is 22.3 Å². The maximum atomic E-state index is 12.2. The van der Waals surface area contributed by atoms with Gasteiger partial charge in [0.05, 0.1) is 17.6 Å². The molecule has 1 heterocycles. The lowest BCUT2D eigenvalue weighted by Crippen LogP contribution is -2.31. The van der Waals surface area contributed by atoms with Crippen molar-refractivity contribution in [2.45, 2.75) is 20.8 Å². The molecule has 3 aromatic rings. The first-order valence-corrected chi connectivity index (χ1v) is 8.39. The molecule has 1 aromatic heterocycles. The summed E-state index contributed by atoms with van der Waals surface area (Å²) in [5.41, 5.74) is 5.50. The fourth-order valence-electron chi connectivity index (χ4n) is 2.62. The number of rotatable bonds is 4. The van der Waals surface area contributed by atoms with Crippen molar-refractivity contribution in [2.24, 2.45) is 5.10 Å². The Morgan fingerprint density at radius 2 is 1.78 bits per heavy atom. The topological polar surface area (TPSA) is 99.5 Å². The molecular weight excluding hydrogens is 344 g/mol. The van der Waals surface area contributed by atoms with Crippen LogP contribution in [0, 0.1) is 20.8 Å². The van der Waals surface area contributed by atoms with Gasteiger partial charge in [-0.15, -0.1) is 0 Å². The molecule has 0 aliphatic heterocycles. The van der Waals surface area contributed by atoms with E-state index < -0.39 is 17.1 Å². The molecule has 7 heteroatoms. The summed E-state index contributed by atoms with van der Waals surface area (Å²) in [6.07, 6.45) is 1.19. The van der Waals surface area contributed by atoms with Crippen LogP contribution in [-0.2, 0) is 0 Å². The Labute approximate surface area is 155 Å². The Balaban J connectivity index is 2.03. The van der Waals surface area contributed by atoms with Crippen LogP contribution in [0.25, 0.3) is 5.69 Å². The summed E-state index contributed by atoms with van der Waals surface area (Å²) in [4.78, 5) is 26.6. The zero-order valence-corrected chi connectivity index (χ0v) is 15.3. The lowest BCUT2D eigenvalue weighted by molar-refractivity contribution is 0.430. The third-order valence-electron chi connectivity index (χ3n) is 4.39. The molecule has 7 nitrogen and oxygen atoms in total. The molecule has 0 saturated carbocycles. The minimum absolute atomic E-state index is 0.117. The second-order valence-corrected chi connectivity index (χ2v) is 6.29. The van der Waals surface area contributed by atoms with E-state index in [0.29, 0.717) is 5.69 Å². The van der Waals surface area contributed by atoms with Gasteiger partial charge in [0.1, 0.15) is 5.56 Å². The first-order valence-electron chi connectivity index (χ1n) is 8.39. The number of hydrogen-bond acceptors (Lipinski definition) is 5. The van der Waals surface area contributed by atoms with E-state index in [1.165, 1.54) is 6.21 Å². The largest absolute Gasteiger partial charge is 0.493 e. The molecule has 0 aliphatic carbocycles. The van der Waals surface area contributed by atoms with Crippen molar-refractivity contribution in [1.82, 2.24) is 9.55 Å². The van der Waals surface area contributed by atoms with E-state index in [1.54, 1.807) is 12.1 Å². The Bertz CT molecular complexity index is 1140. The second-order valence-electron chi connectivity index (χ2n) is 6.29. The molecule has 0 aliphatic rings. The summed E-state index contributed by atoms with van der Waals surface area (Å²) in [7, 11) is 0. The zero-order chi connectivity index (χ0) is 19.6. The monoisotopic (exact) mass is 364 g/mol. The standard InChI is InChI=1S/C20H20N4O3/c1-12-8-9-15(10-14(12)3)24-19(26)16(18(25)22-20(24)27)11-21-23-17-7-5-4-6-13(17)2/h4-11,23,26H,1-3H3,(H,22,25,27)/b21-11+. The van der Waals surface area contributed by atoms with E-state index >= 15 is 0 Å². The third-order valence-corrected chi connectivity index (χ3v) is 4.39. The number of hydrogen-bond donors (Lipinski definition) is 3. The Hall–Kier alpha value is -3.61. The minimum Gasteiger partial charge on any atom is -0.493 e. The van der Waals surface area contributed by atoms with Crippen molar-refractivity contribution in [3.63, 3.8) is 0 Å². The van der Waals surface area contributed by atoms with Crippen LogP contribution in [0.3, 0.4) is 0 Å². The van der Waals surface area contributed by atoms with Gasteiger partial charge >= 0.3 is 5.69 Å². The number of para-hydroxylation sites is 1. The number of aromatic amines is 1. The highest BCUT2D eigenvalue weighted by Crippen LogP contribution is 2.18. The molecule has 138 valence electrons. The third kappa shape index (κ3) is 3.67.